The van der Waals surface area contributed by atoms with E-state index in [4.69, 9.17) is 0 Å². The molecule has 0 bridgehead atoms. The molecule has 74 valence electrons. The third kappa shape index (κ3) is 1.65. The molecule has 1 aromatic rings. The molecule has 1 N–H and O–H groups in total. The minimum absolute atomic E-state index is 0.191. The van der Waals surface area contributed by atoms with Gasteiger partial charge in [0.25, 0.3) is 0 Å². The van der Waals surface area contributed by atoms with Crippen LogP contribution in [0.4, 0.5) is 0 Å². The standard InChI is InChI=1S/C12H16N2/c1-12(2)8-13-9-14-11(12)10-6-4-3-5-7-10/h3-7,9,11H,8H2,1-2H3,(H,13,14). The van der Waals surface area contributed by atoms with E-state index in [2.05, 4.69) is 48.4 Å². The lowest BCUT2D eigenvalue weighted by Gasteiger charge is -2.34. The number of aliphatic imine (C=N–C) groups is 1. The van der Waals surface area contributed by atoms with Gasteiger partial charge in [-0.25, -0.2) is 0 Å². The minimum Gasteiger partial charge on any atom is -0.376 e. The normalized spacial score (nSPS) is 24.3. The van der Waals surface area contributed by atoms with Crippen molar-refractivity contribution >= 4 is 6.34 Å². The van der Waals surface area contributed by atoms with Crippen molar-refractivity contribution in [2.24, 2.45) is 10.4 Å². The molecule has 2 nitrogen and oxygen atoms in total. The van der Waals surface area contributed by atoms with Gasteiger partial charge < -0.3 is 5.32 Å². The van der Waals surface area contributed by atoms with Gasteiger partial charge in [0.05, 0.1) is 12.4 Å². The number of benzene rings is 1. The first-order valence-corrected chi connectivity index (χ1v) is 5.00. The first kappa shape index (κ1) is 9.25. The van der Waals surface area contributed by atoms with Gasteiger partial charge in [-0.3, -0.25) is 4.99 Å². The monoisotopic (exact) mass is 188 g/mol. The van der Waals surface area contributed by atoms with Crippen LogP contribution >= 0.6 is 0 Å². The molecule has 0 aliphatic carbocycles. The minimum atomic E-state index is 0.191. The molecule has 2 rings (SSSR count). The molecule has 0 aromatic heterocycles. The summed E-state index contributed by atoms with van der Waals surface area (Å²) in [4.78, 5) is 4.52. The molecular formula is C12H16N2. The lowest BCUT2D eigenvalue weighted by molar-refractivity contribution is 0.279. The molecule has 0 amide bonds. The van der Waals surface area contributed by atoms with Crippen LogP contribution in [0, 0.1) is 5.41 Å². The van der Waals surface area contributed by atoms with Gasteiger partial charge in [0.15, 0.2) is 0 Å². The average Bonchev–Trinajstić information content (AvgIpc) is 2.18. The fourth-order valence-electron chi connectivity index (χ4n) is 1.91. The summed E-state index contributed by atoms with van der Waals surface area (Å²) in [5.74, 6) is 0. The Kier molecular flexibility index (Phi) is 2.28. The highest BCUT2D eigenvalue weighted by atomic mass is 15.0. The van der Waals surface area contributed by atoms with Crippen LogP contribution in [0.25, 0.3) is 0 Å². The van der Waals surface area contributed by atoms with Crippen molar-refractivity contribution in [1.29, 1.82) is 0 Å². The zero-order chi connectivity index (χ0) is 10.0. The van der Waals surface area contributed by atoms with E-state index in [1.165, 1.54) is 5.56 Å². The lowest BCUT2D eigenvalue weighted by atomic mass is 9.80. The van der Waals surface area contributed by atoms with Crippen molar-refractivity contribution in [3.8, 4) is 0 Å². The Morgan fingerprint density at radius 2 is 2.00 bits per heavy atom. The first-order valence-electron chi connectivity index (χ1n) is 5.00. The Labute approximate surface area is 85.1 Å². The molecule has 0 saturated carbocycles. The third-order valence-corrected chi connectivity index (χ3v) is 2.73. The number of rotatable bonds is 1. The van der Waals surface area contributed by atoms with Gasteiger partial charge in [0, 0.05) is 12.0 Å². The first-order chi connectivity index (χ1) is 6.70. The number of hydrogen-bond donors (Lipinski definition) is 1. The van der Waals surface area contributed by atoms with Crippen LogP contribution in [0.2, 0.25) is 0 Å². The average molecular weight is 188 g/mol. The van der Waals surface area contributed by atoms with Crippen LogP contribution in [0.3, 0.4) is 0 Å². The zero-order valence-electron chi connectivity index (χ0n) is 8.70. The van der Waals surface area contributed by atoms with Crippen LogP contribution in [0.15, 0.2) is 35.3 Å². The molecule has 0 fully saturated rings. The smallest absolute Gasteiger partial charge is 0.0833 e. The van der Waals surface area contributed by atoms with Crippen molar-refractivity contribution < 1.29 is 0 Å². The second-order valence-corrected chi connectivity index (χ2v) is 4.46. The van der Waals surface area contributed by atoms with Crippen molar-refractivity contribution in [3.05, 3.63) is 35.9 Å². The van der Waals surface area contributed by atoms with Crippen molar-refractivity contribution in [2.75, 3.05) is 6.54 Å². The highest BCUT2D eigenvalue weighted by Gasteiger charge is 2.31. The van der Waals surface area contributed by atoms with Crippen molar-refractivity contribution in [2.45, 2.75) is 19.9 Å². The highest BCUT2D eigenvalue weighted by Crippen LogP contribution is 2.37. The number of nitrogens with zero attached hydrogens (tertiary/aromatic N) is 1. The Morgan fingerprint density at radius 1 is 1.29 bits per heavy atom. The zero-order valence-corrected chi connectivity index (χ0v) is 8.70. The van der Waals surface area contributed by atoms with Crippen LogP contribution in [0.1, 0.15) is 25.5 Å². The van der Waals surface area contributed by atoms with Gasteiger partial charge >= 0.3 is 0 Å². The molecule has 0 spiro atoms. The van der Waals surface area contributed by atoms with Gasteiger partial charge in [0.1, 0.15) is 0 Å². The summed E-state index contributed by atoms with van der Waals surface area (Å²) < 4.78 is 0. The topological polar surface area (TPSA) is 24.4 Å². The van der Waals surface area contributed by atoms with Crippen molar-refractivity contribution in [3.63, 3.8) is 0 Å². The lowest BCUT2D eigenvalue weighted by Crippen LogP contribution is -2.37. The van der Waals surface area contributed by atoms with Crippen LogP contribution in [-0.2, 0) is 0 Å². The SMILES string of the molecule is CC1(C)CNC=NC1c1ccccc1. The van der Waals surface area contributed by atoms with E-state index in [1.807, 2.05) is 12.4 Å². The fourth-order valence-corrected chi connectivity index (χ4v) is 1.91. The van der Waals surface area contributed by atoms with E-state index in [-0.39, 0.29) is 11.5 Å². The predicted molar refractivity (Wildman–Crippen MR) is 59.5 cm³/mol. The second-order valence-electron chi connectivity index (χ2n) is 4.46. The third-order valence-electron chi connectivity index (χ3n) is 2.73. The van der Waals surface area contributed by atoms with E-state index in [0.717, 1.165) is 6.54 Å². The van der Waals surface area contributed by atoms with Gasteiger partial charge in [-0.2, -0.15) is 0 Å². The largest absolute Gasteiger partial charge is 0.376 e. The number of hydrogen-bond acceptors (Lipinski definition) is 2. The van der Waals surface area contributed by atoms with E-state index >= 15 is 0 Å². The summed E-state index contributed by atoms with van der Waals surface area (Å²) in [6.45, 7) is 5.47. The molecule has 1 unspecified atom stereocenters. The Hall–Kier alpha value is -1.31. The van der Waals surface area contributed by atoms with Gasteiger partial charge in [-0.1, -0.05) is 44.2 Å². The Morgan fingerprint density at radius 3 is 2.64 bits per heavy atom. The van der Waals surface area contributed by atoms with Gasteiger partial charge in [-0.05, 0) is 5.56 Å². The fraction of sp³-hybridized carbons (Fsp3) is 0.417. The summed E-state index contributed by atoms with van der Waals surface area (Å²) in [6, 6.07) is 10.8. The molecule has 2 heteroatoms. The van der Waals surface area contributed by atoms with E-state index in [0.29, 0.717) is 0 Å². The van der Waals surface area contributed by atoms with Crippen molar-refractivity contribution in [1.82, 2.24) is 5.32 Å². The summed E-state index contributed by atoms with van der Waals surface area (Å²) in [5, 5.41) is 3.18. The molecule has 1 atom stereocenters. The van der Waals surface area contributed by atoms with E-state index in [1.54, 1.807) is 0 Å². The molecule has 1 aliphatic heterocycles. The maximum Gasteiger partial charge on any atom is 0.0833 e. The van der Waals surface area contributed by atoms with Crippen LogP contribution in [0.5, 0.6) is 0 Å². The quantitative estimate of drug-likeness (QED) is 0.719. The molecule has 0 radical (unpaired) electrons. The molecule has 1 aromatic carbocycles. The van der Waals surface area contributed by atoms with E-state index < -0.39 is 0 Å². The summed E-state index contributed by atoms with van der Waals surface area (Å²) in [6.07, 6.45) is 1.82. The number of nitrogens with one attached hydrogen (secondary N) is 1. The van der Waals surface area contributed by atoms with Gasteiger partial charge in [-0.15, -0.1) is 0 Å². The maximum absolute atomic E-state index is 4.52. The van der Waals surface area contributed by atoms with E-state index in [9.17, 15) is 0 Å². The predicted octanol–water partition coefficient (Wildman–Crippen LogP) is 2.39. The molecule has 1 heterocycles. The van der Waals surface area contributed by atoms with Crippen LogP contribution < -0.4 is 5.32 Å². The van der Waals surface area contributed by atoms with Gasteiger partial charge in [0.2, 0.25) is 0 Å². The van der Waals surface area contributed by atoms with Crippen LogP contribution in [-0.4, -0.2) is 12.9 Å². The summed E-state index contributed by atoms with van der Waals surface area (Å²) >= 11 is 0. The molecule has 1 aliphatic rings. The molecule has 14 heavy (non-hydrogen) atoms. The summed E-state index contributed by atoms with van der Waals surface area (Å²) in [7, 11) is 0. The Balaban J connectivity index is 2.33. The Bertz CT molecular complexity index is 327. The molecule has 0 saturated heterocycles. The highest BCUT2D eigenvalue weighted by molar-refractivity contribution is 5.56. The summed E-state index contributed by atoms with van der Waals surface area (Å²) in [5.41, 5.74) is 1.49. The molecular weight excluding hydrogens is 172 g/mol. The second kappa shape index (κ2) is 3.45. The maximum atomic E-state index is 4.52.